The molecule has 0 aromatic rings. The van der Waals surface area contributed by atoms with Gasteiger partial charge >= 0.3 is 5.97 Å². The average Bonchev–Trinajstić information content (AvgIpc) is 2.41. The summed E-state index contributed by atoms with van der Waals surface area (Å²) >= 11 is 0. The lowest BCUT2D eigenvalue weighted by Gasteiger charge is -2.43. The van der Waals surface area contributed by atoms with Crippen molar-refractivity contribution < 1.29 is 19.4 Å². The molecule has 0 bridgehead atoms. The summed E-state index contributed by atoms with van der Waals surface area (Å²) < 4.78 is 5.48. The molecule has 0 aromatic carbocycles. The summed E-state index contributed by atoms with van der Waals surface area (Å²) in [5.41, 5.74) is -0.332. The molecule has 2 aliphatic rings. The van der Waals surface area contributed by atoms with E-state index in [0.717, 1.165) is 32.1 Å². The molecule has 1 heterocycles. The molecular weight excluding hydrogens is 258 g/mol. The van der Waals surface area contributed by atoms with E-state index in [1.165, 1.54) is 0 Å². The summed E-state index contributed by atoms with van der Waals surface area (Å²) in [6.07, 6.45) is 5.68. The zero-order valence-electron chi connectivity index (χ0n) is 12.4. The fourth-order valence-corrected chi connectivity index (χ4v) is 3.34. The Bertz CT molecular complexity index is 373. The standard InChI is InChI=1S/C15H25NO4/c1-3-11-5-8-16(12(9-11)14(18)19)13(17)10-15(20-2)6-4-7-15/h11-12H,3-10H2,1-2H3,(H,18,19). The number of piperidine rings is 1. The summed E-state index contributed by atoms with van der Waals surface area (Å²) in [7, 11) is 1.64. The fraction of sp³-hybridized carbons (Fsp3) is 0.867. The van der Waals surface area contributed by atoms with Crippen molar-refractivity contribution in [2.24, 2.45) is 5.92 Å². The van der Waals surface area contributed by atoms with Gasteiger partial charge in [0.05, 0.1) is 12.0 Å². The van der Waals surface area contributed by atoms with Gasteiger partial charge in [-0.15, -0.1) is 0 Å². The average molecular weight is 283 g/mol. The van der Waals surface area contributed by atoms with Crippen LogP contribution in [0.15, 0.2) is 0 Å². The first-order valence-corrected chi connectivity index (χ1v) is 7.59. The molecule has 5 heteroatoms. The van der Waals surface area contributed by atoms with Gasteiger partial charge in [-0.1, -0.05) is 13.3 Å². The Morgan fingerprint density at radius 1 is 1.40 bits per heavy atom. The van der Waals surface area contributed by atoms with Crippen molar-refractivity contribution in [3.8, 4) is 0 Å². The smallest absolute Gasteiger partial charge is 0.326 e. The van der Waals surface area contributed by atoms with E-state index in [-0.39, 0.29) is 11.5 Å². The van der Waals surface area contributed by atoms with Crippen LogP contribution < -0.4 is 0 Å². The molecule has 2 rings (SSSR count). The number of carbonyl (C=O) groups is 2. The maximum Gasteiger partial charge on any atom is 0.326 e. The van der Waals surface area contributed by atoms with Crippen LogP contribution in [-0.2, 0) is 14.3 Å². The first-order chi connectivity index (χ1) is 9.51. The highest BCUT2D eigenvalue weighted by molar-refractivity contribution is 5.84. The van der Waals surface area contributed by atoms with Crippen LogP contribution in [-0.4, -0.2) is 47.2 Å². The van der Waals surface area contributed by atoms with Crippen molar-refractivity contribution in [3.63, 3.8) is 0 Å². The number of ether oxygens (including phenoxy) is 1. The minimum absolute atomic E-state index is 0.0616. The highest BCUT2D eigenvalue weighted by atomic mass is 16.5. The Kier molecular flexibility index (Phi) is 4.68. The summed E-state index contributed by atoms with van der Waals surface area (Å²) in [4.78, 5) is 25.4. The van der Waals surface area contributed by atoms with Crippen LogP contribution >= 0.6 is 0 Å². The second-order valence-electron chi connectivity index (χ2n) is 6.16. The molecule has 1 saturated heterocycles. The van der Waals surface area contributed by atoms with Gasteiger partial charge in [0, 0.05) is 13.7 Å². The van der Waals surface area contributed by atoms with Crippen LogP contribution in [0.3, 0.4) is 0 Å². The highest BCUT2D eigenvalue weighted by Gasteiger charge is 2.43. The SMILES string of the molecule is CCC1CCN(C(=O)CC2(OC)CCC2)C(C(=O)O)C1. The number of carboxylic acid groups (broad SMARTS) is 1. The summed E-state index contributed by atoms with van der Waals surface area (Å²) in [5.74, 6) is -0.523. The highest BCUT2D eigenvalue weighted by Crippen LogP contribution is 2.39. The molecule has 1 saturated carbocycles. The van der Waals surface area contributed by atoms with Gasteiger partial charge in [0.1, 0.15) is 6.04 Å². The minimum Gasteiger partial charge on any atom is -0.480 e. The molecule has 0 aromatic heterocycles. The molecule has 114 valence electrons. The third kappa shape index (κ3) is 2.97. The van der Waals surface area contributed by atoms with E-state index in [2.05, 4.69) is 6.92 Å². The van der Waals surface area contributed by atoms with Crippen LogP contribution in [0, 0.1) is 5.92 Å². The monoisotopic (exact) mass is 283 g/mol. The molecule has 0 radical (unpaired) electrons. The number of rotatable bonds is 5. The van der Waals surface area contributed by atoms with Crippen LogP contribution in [0.4, 0.5) is 0 Å². The molecule has 5 nitrogen and oxygen atoms in total. The van der Waals surface area contributed by atoms with E-state index in [1.807, 2.05) is 0 Å². The lowest BCUT2D eigenvalue weighted by molar-refractivity contribution is -0.158. The van der Waals surface area contributed by atoms with Gasteiger partial charge in [0.2, 0.25) is 5.91 Å². The van der Waals surface area contributed by atoms with Gasteiger partial charge in [-0.2, -0.15) is 0 Å². The summed E-state index contributed by atoms with van der Waals surface area (Å²) in [5, 5.41) is 9.37. The molecule has 1 aliphatic heterocycles. The molecule has 0 spiro atoms. The quantitative estimate of drug-likeness (QED) is 0.838. The zero-order valence-corrected chi connectivity index (χ0v) is 12.4. The van der Waals surface area contributed by atoms with Gasteiger partial charge in [0.25, 0.3) is 0 Å². The molecule has 2 atom stereocenters. The van der Waals surface area contributed by atoms with Crippen molar-refractivity contribution >= 4 is 11.9 Å². The molecule has 2 unspecified atom stereocenters. The normalized spacial score (nSPS) is 28.8. The third-order valence-corrected chi connectivity index (χ3v) is 5.07. The van der Waals surface area contributed by atoms with Crippen LogP contribution in [0.5, 0.6) is 0 Å². The molecule has 1 aliphatic carbocycles. The van der Waals surface area contributed by atoms with Crippen LogP contribution in [0.1, 0.15) is 51.9 Å². The maximum absolute atomic E-state index is 12.5. The number of methoxy groups -OCH3 is 1. The van der Waals surface area contributed by atoms with Crippen molar-refractivity contribution in [1.82, 2.24) is 4.90 Å². The van der Waals surface area contributed by atoms with Gasteiger partial charge in [-0.3, -0.25) is 4.79 Å². The largest absolute Gasteiger partial charge is 0.480 e. The first-order valence-electron chi connectivity index (χ1n) is 7.59. The summed E-state index contributed by atoms with van der Waals surface area (Å²) in [6.45, 7) is 2.64. The maximum atomic E-state index is 12.5. The van der Waals surface area contributed by atoms with Crippen molar-refractivity contribution in [2.45, 2.75) is 63.5 Å². The molecular formula is C15H25NO4. The van der Waals surface area contributed by atoms with Crippen molar-refractivity contribution in [1.29, 1.82) is 0 Å². The lowest BCUT2D eigenvalue weighted by atomic mass is 9.77. The van der Waals surface area contributed by atoms with Crippen molar-refractivity contribution in [2.75, 3.05) is 13.7 Å². The Morgan fingerprint density at radius 3 is 2.55 bits per heavy atom. The fourth-order valence-electron chi connectivity index (χ4n) is 3.34. The van der Waals surface area contributed by atoms with Gasteiger partial charge < -0.3 is 14.7 Å². The van der Waals surface area contributed by atoms with E-state index in [4.69, 9.17) is 4.74 Å². The zero-order chi connectivity index (χ0) is 14.8. The number of hydrogen-bond donors (Lipinski definition) is 1. The molecule has 20 heavy (non-hydrogen) atoms. The molecule has 1 N–H and O–H groups in total. The predicted octanol–water partition coefficient (Wildman–Crippen LogP) is 2.05. The first kappa shape index (κ1) is 15.3. The topological polar surface area (TPSA) is 66.8 Å². The number of aliphatic carboxylic acids is 1. The van der Waals surface area contributed by atoms with Crippen molar-refractivity contribution in [3.05, 3.63) is 0 Å². The number of hydrogen-bond acceptors (Lipinski definition) is 3. The van der Waals surface area contributed by atoms with Crippen LogP contribution in [0.25, 0.3) is 0 Å². The van der Waals surface area contributed by atoms with Crippen LogP contribution in [0.2, 0.25) is 0 Å². The van der Waals surface area contributed by atoms with E-state index < -0.39 is 12.0 Å². The minimum atomic E-state index is -0.878. The molecule has 2 fully saturated rings. The van der Waals surface area contributed by atoms with E-state index in [0.29, 0.717) is 25.3 Å². The number of likely N-dealkylation sites (tertiary alicyclic amines) is 1. The number of carboxylic acids is 1. The Balaban J connectivity index is 2.02. The van der Waals surface area contributed by atoms with Gasteiger partial charge in [-0.25, -0.2) is 4.79 Å². The summed E-state index contributed by atoms with van der Waals surface area (Å²) in [6, 6.07) is -0.657. The number of amides is 1. The third-order valence-electron chi connectivity index (χ3n) is 5.07. The van der Waals surface area contributed by atoms with E-state index in [1.54, 1.807) is 12.0 Å². The number of nitrogens with zero attached hydrogens (tertiary/aromatic N) is 1. The second-order valence-corrected chi connectivity index (χ2v) is 6.16. The lowest BCUT2D eigenvalue weighted by Crippen LogP contribution is -2.53. The van der Waals surface area contributed by atoms with E-state index in [9.17, 15) is 14.7 Å². The van der Waals surface area contributed by atoms with Gasteiger partial charge in [0.15, 0.2) is 0 Å². The Hall–Kier alpha value is -1.10. The van der Waals surface area contributed by atoms with E-state index >= 15 is 0 Å². The predicted molar refractivity (Wildman–Crippen MR) is 74.4 cm³/mol. The van der Waals surface area contributed by atoms with Gasteiger partial charge in [-0.05, 0) is 38.0 Å². The Labute approximate surface area is 120 Å². The second kappa shape index (κ2) is 6.12. The number of carbonyl (C=O) groups excluding carboxylic acids is 1. The molecule has 1 amide bonds. The Morgan fingerprint density at radius 2 is 2.10 bits per heavy atom.